The molecule has 3 heteroatoms. The van der Waals surface area contributed by atoms with E-state index >= 15 is 0 Å². The Morgan fingerprint density at radius 3 is 2.53 bits per heavy atom. The molecule has 0 radical (unpaired) electrons. The van der Waals surface area contributed by atoms with Gasteiger partial charge in [-0.2, -0.15) is 0 Å². The second kappa shape index (κ2) is 3.21. The quantitative estimate of drug-likeness (QED) is 0.719. The fourth-order valence-electron chi connectivity index (χ4n) is 4.07. The first-order valence-corrected chi connectivity index (χ1v) is 6.22. The number of fused-ring (bicyclic) bond motifs is 5. The number of rotatable bonds is 3. The summed E-state index contributed by atoms with van der Waals surface area (Å²) in [5.74, 6) is 3.88. The molecule has 0 aromatic rings. The van der Waals surface area contributed by atoms with Crippen molar-refractivity contribution in [3.8, 4) is 0 Å². The zero-order valence-corrected chi connectivity index (χ0v) is 9.28. The van der Waals surface area contributed by atoms with E-state index in [9.17, 15) is 4.79 Å². The molecular formula is C12H20N2O. The van der Waals surface area contributed by atoms with Crippen LogP contribution in [0.1, 0.15) is 26.2 Å². The van der Waals surface area contributed by atoms with Gasteiger partial charge >= 0.3 is 0 Å². The highest BCUT2D eigenvalue weighted by Gasteiger charge is 2.67. The molecule has 3 saturated carbocycles. The number of carbonyl (C=O) groups excluding carboxylic acids is 1. The second-order valence-electron chi connectivity index (χ2n) is 5.66. The smallest absolute Gasteiger partial charge is 0.223 e. The van der Waals surface area contributed by atoms with Gasteiger partial charge in [0.25, 0.3) is 0 Å². The monoisotopic (exact) mass is 208 g/mol. The molecule has 3 fully saturated rings. The van der Waals surface area contributed by atoms with Crippen LogP contribution in [0.4, 0.5) is 0 Å². The minimum Gasteiger partial charge on any atom is -0.352 e. The molecule has 3 nitrogen and oxygen atoms in total. The van der Waals surface area contributed by atoms with Crippen molar-refractivity contribution in [3.63, 3.8) is 0 Å². The van der Waals surface area contributed by atoms with Gasteiger partial charge in [0.15, 0.2) is 0 Å². The van der Waals surface area contributed by atoms with Crippen LogP contribution in [0.25, 0.3) is 0 Å². The lowest BCUT2D eigenvalue weighted by molar-refractivity contribution is -0.123. The molecular weight excluding hydrogens is 188 g/mol. The predicted molar refractivity (Wildman–Crippen MR) is 58.0 cm³/mol. The summed E-state index contributed by atoms with van der Waals surface area (Å²) in [5.41, 5.74) is 5.51. The van der Waals surface area contributed by atoms with Gasteiger partial charge in [0.05, 0.1) is 0 Å². The Hall–Kier alpha value is -0.570. The maximum absolute atomic E-state index is 11.9. The fourth-order valence-corrected chi connectivity index (χ4v) is 4.07. The Bertz CT molecular complexity index is 275. The molecule has 5 unspecified atom stereocenters. The van der Waals surface area contributed by atoms with Gasteiger partial charge in [0, 0.05) is 18.5 Å². The standard InChI is InChI=1S/C12H20N2O/c1-6(5-13)14-12(15)11-9-7-2-3-8(4-7)10(9)11/h6-11H,2-5,13H2,1H3,(H,14,15). The number of hydrogen-bond acceptors (Lipinski definition) is 2. The normalized spacial score (nSPS) is 47.5. The lowest BCUT2D eigenvalue weighted by Crippen LogP contribution is -2.39. The fraction of sp³-hybridized carbons (Fsp3) is 0.917. The van der Waals surface area contributed by atoms with Crippen LogP contribution < -0.4 is 11.1 Å². The lowest BCUT2D eigenvalue weighted by Gasteiger charge is -2.13. The van der Waals surface area contributed by atoms with Crippen molar-refractivity contribution in [1.29, 1.82) is 0 Å². The third-order valence-corrected chi connectivity index (χ3v) is 4.78. The largest absolute Gasteiger partial charge is 0.352 e. The van der Waals surface area contributed by atoms with Gasteiger partial charge in [-0.15, -0.1) is 0 Å². The molecule has 3 aliphatic rings. The summed E-state index contributed by atoms with van der Waals surface area (Å²) in [4.78, 5) is 11.9. The van der Waals surface area contributed by atoms with E-state index in [-0.39, 0.29) is 11.9 Å². The third-order valence-electron chi connectivity index (χ3n) is 4.78. The highest BCUT2D eigenvalue weighted by Crippen LogP contribution is 2.69. The van der Waals surface area contributed by atoms with Gasteiger partial charge in [-0.05, 0) is 49.9 Å². The van der Waals surface area contributed by atoms with E-state index in [1.54, 1.807) is 0 Å². The Labute approximate surface area is 90.8 Å². The van der Waals surface area contributed by atoms with Crippen LogP contribution in [0.2, 0.25) is 0 Å². The van der Waals surface area contributed by atoms with Crippen molar-refractivity contribution in [1.82, 2.24) is 5.32 Å². The molecule has 15 heavy (non-hydrogen) atoms. The number of carbonyl (C=O) groups is 1. The van der Waals surface area contributed by atoms with Crippen LogP contribution in [-0.2, 0) is 4.79 Å². The predicted octanol–water partition coefficient (Wildman–Crippen LogP) is 0.742. The van der Waals surface area contributed by atoms with E-state index in [2.05, 4.69) is 5.32 Å². The summed E-state index contributed by atoms with van der Waals surface area (Å²) in [6.45, 7) is 2.52. The van der Waals surface area contributed by atoms with E-state index in [1.165, 1.54) is 19.3 Å². The van der Waals surface area contributed by atoms with Crippen molar-refractivity contribution >= 4 is 5.91 Å². The van der Waals surface area contributed by atoms with Gasteiger partial charge in [-0.3, -0.25) is 4.79 Å². The zero-order valence-electron chi connectivity index (χ0n) is 9.28. The summed E-state index contributed by atoms with van der Waals surface area (Å²) >= 11 is 0. The third kappa shape index (κ3) is 1.32. The van der Waals surface area contributed by atoms with Crippen LogP contribution >= 0.6 is 0 Å². The molecule has 2 bridgehead atoms. The van der Waals surface area contributed by atoms with Crippen molar-refractivity contribution in [2.75, 3.05) is 6.54 Å². The number of hydrogen-bond donors (Lipinski definition) is 2. The molecule has 0 spiro atoms. The van der Waals surface area contributed by atoms with E-state index < -0.39 is 0 Å². The van der Waals surface area contributed by atoms with Gasteiger partial charge in [-0.25, -0.2) is 0 Å². The Balaban J connectivity index is 1.60. The molecule has 1 amide bonds. The van der Waals surface area contributed by atoms with E-state index in [4.69, 9.17) is 5.73 Å². The van der Waals surface area contributed by atoms with Gasteiger partial charge in [0.1, 0.15) is 0 Å². The molecule has 0 heterocycles. The molecule has 5 atom stereocenters. The first-order valence-electron chi connectivity index (χ1n) is 6.22. The summed E-state index contributed by atoms with van der Waals surface area (Å²) in [5, 5.41) is 3.03. The molecule has 0 aromatic carbocycles. The Morgan fingerprint density at radius 1 is 1.40 bits per heavy atom. The van der Waals surface area contributed by atoms with Gasteiger partial charge in [0.2, 0.25) is 5.91 Å². The SMILES string of the molecule is CC(CN)NC(=O)C1C2C3CCC(C3)C12. The maximum Gasteiger partial charge on any atom is 0.223 e. The van der Waals surface area contributed by atoms with Crippen LogP contribution in [0.3, 0.4) is 0 Å². The number of nitrogens with two attached hydrogens (primary N) is 1. The van der Waals surface area contributed by atoms with Gasteiger partial charge < -0.3 is 11.1 Å². The first kappa shape index (κ1) is 9.64. The average Bonchev–Trinajstić information content (AvgIpc) is 2.68. The highest BCUT2D eigenvalue weighted by molar-refractivity contribution is 5.83. The Morgan fingerprint density at radius 2 is 2.00 bits per heavy atom. The number of nitrogens with one attached hydrogen (secondary N) is 1. The highest BCUT2D eigenvalue weighted by atomic mass is 16.2. The molecule has 0 aromatic heterocycles. The number of amides is 1. The van der Waals surface area contributed by atoms with Crippen LogP contribution in [0, 0.1) is 29.6 Å². The Kier molecular flexibility index (Phi) is 2.06. The minimum atomic E-state index is 0.136. The van der Waals surface area contributed by atoms with Gasteiger partial charge in [-0.1, -0.05) is 0 Å². The van der Waals surface area contributed by atoms with Crippen molar-refractivity contribution < 1.29 is 4.79 Å². The van der Waals surface area contributed by atoms with E-state index in [0.29, 0.717) is 12.5 Å². The topological polar surface area (TPSA) is 55.1 Å². The van der Waals surface area contributed by atoms with Crippen molar-refractivity contribution in [3.05, 3.63) is 0 Å². The first-order chi connectivity index (χ1) is 7.22. The summed E-state index contributed by atoms with van der Waals surface area (Å²) < 4.78 is 0. The summed E-state index contributed by atoms with van der Waals surface area (Å²) in [6.07, 6.45) is 4.16. The average molecular weight is 208 g/mol. The van der Waals surface area contributed by atoms with Crippen molar-refractivity contribution in [2.45, 2.75) is 32.2 Å². The van der Waals surface area contributed by atoms with Crippen LogP contribution in [0.15, 0.2) is 0 Å². The van der Waals surface area contributed by atoms with Crippen molar-refractivity contribution in [2.24, 2.45) is 35.3 Å². The van der Waals surface area contributed by atoms with Crippen LogP contribution in [-0.4, -0.2) is 18.5 Å². The second-order valence-corrected chi connectivity index (χ2v) is 5.66. The zero-order chi connectivity index (χ0) is 10.6. The molecule has 0 saturated heterocycles. The lowest BCUT2D eigenvalue weighted by atomic mass is 10.0. The molecule has 84 valence electrons. The summed E-state index contributed by atoms with van der Waals surface area (Å²) in [7, 11) is 0. The molecule has 3 N–H and O–H groups in total. The van der Waals surface area contributed by atoms with E-state index in [1.807, 2.05) is 6.92 Å². The van der Waals surface area contributed by atoms with E-state index in [0.717, 1.165) is 23.7 Å². The van der Waals surface area contributed by atoms with Crippen LogP contribution in [0.5, 0.6) is 0 Å². The maximum atomic E-state index is 11.9. The summed E-state index contributed by atoms with van der Waals surface area (Å²) in [6, 6.07) is 0.136. The molecule has 3 aliphatic carbocycles. The minimum absolute atomic E-state index is 0.136. The molecule has 0 aliphatic heterocycles. The molecule has 3 rings (SSSR count).